The SMILES string of the molecule is CNC(C)c1ccc(OC)c(CSc2ccc(Br)cn2)c1. The second-order valence-electron chi connectivity index (χ2n) is 4.68. The third-order valence-electron chi connectivity index (χ3n) is 3.31. The fraction of sp³-hybridized carbons (Fsp3) is 0.312. The van der Waals surface area contributed by atoms with Crippen molar-refractivity contribution in [2.75, 3.05) is 14.2 Å². The summed E-state index contributed by atoms with van der Waals surface area (Å²) in [5.41, 5.74) is 2.45. The zero-order valence-electron chi connectivity index (χ0n) is 12.4. The lowest BCUT2D eigenvalue weighted by molar-refractivity contribution is 0.411. The Labute approximate surface area is 138 Å². The second-order valence-corrected chi connectivity index (χ2v) is 6.60. The van der Waals surface area contributed by atoms with E-state index in [1.807, 2.05) is 31.4 Å². The fourth-order valence-electron chi connectivity index (χ4n) is 1.95. The Bertz CT molecular complexity index is 589. The van der Waals surface area contributed by atoms with E-state index in [1.165, 1.54) is 11.1 Å². The van der Waals surface area contributed by atoms with Crippen LogP contribution in [-0.4, -0.2) is 19.1 Å². The van der Waals surface area contributed by atoms with E-state index in [-0.39, 0.29) is 0 Å². The monoisotopic (exact) mass is 366 g/mol. The van der Waals surface area contributed by atoms with Crippen LogP contribution in [0.2, 0.25) is 0 Å². The van der Waals surface area contributed by atoms with E-state index in [4.69, 9.17) is 4.74 Å². The first-order valence-electron chi connectivity index (χ1n) is 6.72. The van der Waals surface area contributed by atoms with Crippen LogP contribution >= 0.6 is 27.7 Å². The number of thioether (sulfide) groups is 1. The van der Waals surface area contributed by atoms with Crippen LogP contribution < -0.4 is 10.1 Å². The van der Waals surface area contributed by atoms with Gasteiger partial charge in [-0.3, -0.25) is 0 Å². The molecule has 21 heavy (non-hydrogen) atoms. The molecule has 0 spiro atoms. The minimum absolute atomic E-state index is 0.325. The quantitative estimate of drug-likeness (QED) is 0.767. The number of benzene rings is 1. The number of aromatic nitrogens is 1. The maximum atomic E-state index is 5.46. The van der Waals surface area contributed by atoms with E-state index in [2.05, 4.69) is 45.3 Å². The number of nitrogens with one attached hydrogen (secondary N) is 1. The molecule has 2 rings (SSSR count). The molecule has 3 nitrogen and oxygen atoms in total. The predicted molar refractivity (Wildman–Crippen MR) is 92.0 cm³/mol. The molecule has 0 aliphatic carbocycles. The first-order chi connectivity index (χ1) is 10.1. The number of hydrogen-bond acceptors (Lipinski definition) is 4. The van der Waals surface area contributed by atoms with Crippen molar-refractivity contribution in [2.24, 2.45) is 0 Å². The largest absolute Gasteiger partial charge is 0.496 e. The number of hydrogen-bond donors (Lipinski definition) is 1. The molecule has 112 valence electrons. The zero-order valence-corrected chi connectivity index (χ0v) is 14.8. The Morgan fingerprint density at radius 3 is 2.76 bits per heavy atom. The van der Waals surface area contributed by atoms with Gasteiger partial charge in [0.1, 0.15) is 5.75 Å². The third kappa shape index (κ3) is 4.46. The molecule has 0 aliphatic heterocycles. The first-order valence-corrected chi connectivity index (χ1v) is 8.50. The minimum atomic E-state index is 0.325. The molecular weight excluding hydrogens is 348 g/mol. The van der Waals surface area contributed by atoms with Crippen molar-refractivity contribution < 1.29 is 4.74 Å². The predicted octanol–water partition coefficient (Wildman–Crippen LogP) is 4.43. The molecule has 1 unspecified atom stereocenters. The highest BCUT2D eigenvalue weighted by Gasteiger charge is 2.09. The molecule has 2 aromatic rings. The van der Waals surface area contributed by atoms with E-state index in [0.29, 0.717) is 6.04 Å². The topological polar surface area (TPSA) is 34.1 Å². The summed E-state index contributed by atoms with van der Waals surface area (Å²) in [6, 6.07) is 10.7. The maximum absolute atomic E-state index is 5.46. The summed E-state index contributed by atoms with van der Waals surface area (Å²) >= 11 is 5.11. The van der Waals surface area contributed by atoms with Crippen molar-refractivity contribution >= 4 is 27.7 Å². The summed E-state index contributed by atoms with van der Waals surface area (Å²) in [7, 11) is 3.68. The van der Waals surface area contributed by atoms with Gasteiger partial charge >= 0.3 is 0 Å². The lowest BCUT2D eigenvalue weighted by atomic mass is 10.1. The molecule has 0 aliphatic rings. The van der Waals surface area contributed by atoms with Crippen molar-refractivity contribution in [1.29, 1.82) is 0 Å². The van der Waals surface area contributed by atoms with Crippen LogP contribution in [0.5, 0.6) is 5.75 Å². The van der Waals surface area contributed by atoms with Crippen LogP contribution in [0.4, 0.5) is 0 Å². The lowest BCUT2D eigenvalue weighted by Gasteiger charge is -2.14. The van der Waals surface area contributed by atoms with Gasteiger partial charge in [-0.2, -0.15) is 0 Å². The summed E-state index contributed by atoms with van der Waals surface area (Å²) in [5.74, 6) is 1.76. The van der Waals surface area contributed by atoms with Gasteiger partial charge in [0, 0.05) is 28.0 Å². The number of rotatable bonds is 6. The summed E-state index contributed by atoms with van der Waals surface area (Å²) in [5, 5.41) is 4.27. The average molecular weight is 367 g/mol. The summed E-state index contributed by atoms with van der Waals surface area (Å²) in [6.07, 6.45) is 1.82. The summed E-state index contributed by atoms with van der Waals surface area (Å²) in [4.78, 5) is 4.39. The Balaban J connectivity index is 2.15. The maximum Gasteiger partial charge on any atom is 0.122 e. The van der Waals surface area contributed by atoms with Crippen molar-refractivity contribution in [1.82, 2.24) is 10.3 Å². The molecular formula is C16H19BrN2OS. The van der Waals surface area contributed by atoms with Crippen LogP contribution in [0.15, 0.2) is 46.0 Å². The molecule has 0 radical (unpaired) electrons. The lowest BCUT2D eigenvalue weighted by Crippen LogP contribution is -2.12. The second kappa shape index (κ2) is 7.82. The molecule has 1 atom stereocenters. The number of ether oxygens (including phenoxy) is 1. The molecule has 0 amide bonds. The van der Waals surface area contributed by atoms with Crippen molar-refractivity contribution in [3.63, 3.8) is 0 Å². The zero-order chi connectivity index (χ0) is 15.2. The Morgan fingerprint density at radius 1 is 1.33 bits per heavy atom. The number of nitrogens with zero attached hydrogens (tertiary/aromatic N) is 1. The molecule has 5 heteroatoms. The van der Waals surface area contributed by atoms with Gasteiger partial charge in [0.15, 0.2) is 0 Å². The highest BCUT2D eigenvalue weighted by molar-refractivity contribution is 9.10. The molecule has 0 saturated heterocycles. The van der Waals surface area contributed by atoms with Gasteiger partial charge in [0.2, 0.25) is 0 Å². The van der Waals surface area contributed by atoms with Gasteiger partial charge in [-0.1, -0.05) is 6.07 Å². The van der Waals surface area contributed by atoms with Crippen molar-refractivity contribution in [2.45, 2.75) is 23.7 Å². The summed E-state index contributed by atoms with van der Waals surface area (Å²) < 4.78 is 6.45. The molecule has 0 bridgehead atoms. The van der Waals surface area contributed by atoms with Crippen molar-refractivity contribution in [3.05, 3.63) is 52.1 Å². The summed E-state index contributed by atoms with van der Waals surface area (Å²) in [6.45, 7) is 2.15. The van der Waals surface area contributed by atoms with Crippen LogP contribution in [0.1, 0.15) is 24.1 Å². The third-order valence-corrected chi connectivity index (χ3v) is 4.77. The van der Waals surface area contributed by atoms with Gasteiger partial charge in [-0.25, -0.2) is 4.98 Å². The van der Waals surface area contributed by atoms with Gasteiger partial charge in [0.05, 0.1) is 12.1 Å². The Hall–Kier alpha value is -1.04. The highest BCUT2D eigenvalue weighted by Crippen LogP contribution is 2.29. The molecule has 1 aromatic heterocycles. The van der Waals surface area contributed by atoms with Gasteiger partial charge in [-0.15, -0.1) is 11.8 Å². The highest BCUT2D eigenvalue weighted by atomic mass is 79.9. The van der Waals surface area contributed by atoms with E-state index in [0.717, 1.165) is 21.0 Å². The van der Waals surface area contributed by atoms with Crippen LogP contribution in [0.25, 0.3) is 0 Å². The first kappa shape index (κ1) is 16.3. The number of methoxy groups -OCH3 is 1. The molecule has 1 aromatic carbocycles. The van der Waals surface area contributed by atoms with Crippen LogP contribution in [0.3, 0.4) is 0 Å². The molecule has 0 saturated carbocycles. The fourth-order valence-corrected chi connectivity index (χ4v) is 3.00. The van der Waals surface area contributed by atoms with Crippen LogP contribution in [0, 0.1) is 0 Å². The average Bonchev–Trinajstić information content (AvgIpc) is 2.53. The Kier molecular flexibility index (Phi) is 6.08. The molecule has 1 heterocycles. The van der Waals surface area contributed by atoms with E-state index < -0.39 is 0 Å². The van der Waals surface area contributed by atoms with E-state index >= 15 is 0 Å². The van der Waals surface area contributed by atoms with Gasteiger partial charge in [0.25, 0.3) is 0 Å². The van der Waals surface area contributed by atoms with Gasteiger partial charge < -0.3 is 10.1 Å². The van der Waals surface area contributed by atoms with E-state index in [1.54, 1.807) is 18.9 Å². The number of halogens is 1. The van der Waals surface area contributed by atoms with Crippen LogP contribution in [-0.2, 0) is 5.75 Å². The Morgan fingerprint density at radius 2 is 2.14 bits per heavy atom. The minimum Gasteiger partial charge on any atom is -0.496 e. The molecule has 0 fully saturated rings. The smallest absolute Gasteiger partial charge is 0.122 e. The standard InChI is InChI=1S/C16H19BrN2OS/c1-11(18-2)12-4-6-15(20-3)13(8-12)10-21-16-7-5-14(17)9-19-16/h4-9,11,18H,10H2,1-3H3. The van der Waals surface area contributed by atoms with E-state index in [9.17, 15) is 0 Å². The van der Waals surface area contributed by atoms with Gasteiger partial charge in [-0.05, 0) is 59.7 Å². The normalized spacial score (nSPS) is 12.2. The van der Waals surface area contributed by atoms with Crippen molar-refractivity contribution in [3.8, 4) is 5.75 Å². The molecule has 1 N–H and O–H groups in total. The number of pyridine rings is 1.